The molecule has 13 heavy (non-hydrogen) atoms. The SMILES string of the molecule is Clc1ccc(NC2COC2)c(Cl)c1. The molecule has 70 valence electrons. The van der Waals surface area contributed by atoms with Crippen LogP contribution >= 0.6 is 23.2 Å². The summed E-state index contributed by atoms with van der Waals surface area (Å²) in [5, 5.41) is 4.56. The summed E-state index contributed by atoms with van der Waals surface area (Å²) in [6.07, 6.45) is 0. The fourth-order valence-corrected chi connectivity index (χ4v) is 1.61. The molecule has 0 atom stereocenters. The van der Waals surface area contributed by atoms with E-state index in [0.29, 0.717) is 16.1 Å². The predicted octanol–water partition coefficient (Wildman–Crippen LogP) is 2.80. The number of rotatable bonds is 2. The number of ether oxygens (including phenoxy) is 1. The van der Waals surface area contributed by atoms with Gasteiger partial charge in [0.2, 0.25) is 0 Å². The fraction of sp³-hybridized carbons (Fsp3) is 0.333. The second kappa shape index (κ2) is 3.74. The van der Waals surface area contributed by atoms with Gasteiger partial charge in [-0.25, -0.2) is 0 Å². The average molecular weight is 218 g/mol. The summed E-state index contributed by atoms with van der Waals surface area (Å²) in [4.78, 5) is 0. The summed E-state index contributed by atoms with van der Waals surface area (Å²) >= 11 is 11.7. The van der Waals surface area contributed by atoms with Crippen LogP contribution in [-0.2, 0) is 4.74 Å². The van der Waals surface area contributed by atoms with Crippen LogP contribution in [-0.4, -0.2) is 19.3 Å². The highest BCUT2D eigenvalue weighted by Crippen LogP contribution is 2.26. The van der Waals surface area contributed by atoms with Crippen molar-refractivity contribution in [2.75, 3.05) is 18.5 Å². The number of nitrogens with one attached hydrogen (secondary N) is 1. The third-order valence-corrected chi connectivity index (χ3v) is 2.48. The molecular formula is C9H9Cl2NO. The average Bonchev–Trinajstić information content (AvgIpc) is 1.99. The number of halogens is 2. The molecule has 2 rings (SSSR count). The van der Waals surface area contributed by atoms with Crippen molar-refractivity contribution in [3.8, 4) is 0 Å². The largest absolute Gasteiger partial charge is 0.377 e. The van der Waals surface area contributed by atoms with Crippen LogP contribution in [0.25, 0.3) is 0 Å². The molecule has 1 heterocycles. The van der Waals surface area contributed by atoms with Crippen LogP contribution in [0.15, 0.2) is 18.2 Å². The Labute approximate surface area is 86.8 Å². The quantitative estimate of drug-likeness (QED) is 0.823. The first-order valence-electron chi connectivity index (χ1n) is 4.05. The summed E-state index contributed by atoms with van der Waals surface area (Å²) in [5.41, 5.74) is 0.916. The van der Waals surface area contributed by atoms with E-state index in [1.165, 1.54) is 0 Å². The Morgan fingerprint density at radius 3 is 2.62 bits per heavy atom. The minimum absolute atomic E-state index is 0.388. The molecule has 0 unspecified atom stereocenters. The van der Waals surface area contributed by atoms with Crippen molar-refractivity contribution < 1.29 is 4.74 Å². The van der Waals surface area contributed by atoms with Gasteiger partial charge in [-0.2, -0.15) is 0 Å². The van der Waals surface area contributed by atoms with Gasteiger partial charge in [-0.3, -0.25) is 0 Å². The minimum atomic E-state index is 0.388. The van der Waals surface area contributed by atoms with Crippen molar-refractivity contribution >= 4 is 28.9 Å². The number of hydrogen-bond acceptors (Lipinski definition) is 2. The molecule has 0 aliphatic carbocycles. The molecule has 1 saturated heterocycles. The van der Waals surface area contributed by atoms with Crippen molar-refractivity contribution in [1.82, 2.24) is 0 Å². The Morgan fingerprint density at radius 2 is 2.08 bits per heavy atom. The lowest BCUT2D eigenvalue weighted by molar-refractivity contribution is 0.0211. The normalized spacial score (nSPS) is 16.8. The molecule has 1 aliphatic rings. The maximum Gasteiger partial charge on any atom is 0.0729 e. The van der Waals surface area contributed by atoms with Crippen LogP contribution in [0.3, 0.4) is 0 Å². The van der Waals surface area contributed by atoms with Crippen LogP contribution < -0.4 is 5.32 Å². The van der Waals surface area contributed by atoms with Gasteiger partial charge >= 0.3 is 0 Å². The molecule has 0 spiro atoms. The Bertz CT molecular complexity index is 312. The van der Waals surface area contributed by atoms with Gasteiger partial charge in [0.25, 0.3) is 0 Å². The second-order valence-electron chi connectivity index (χ2n) is 3.00. The molecule has 1 aromatic rings. The summed E-state index contributed by atoms with van der Waals surface area (Å²) in [6, 6.07) is 5.81. The lowest BCUT2D eigenvalue weighted by atomic mass is 10.2. The van der Waals surface area contributed by atoms with Crippen LogP contribution in [0.4, 0.5) is 5.69 Å². The van der Waals surface area contributed by atoms with E-state index in [-0.39, 0.29) is 0 Å². The van der Waals surface area contributed by atoms with E-state index in [9.17, 15) is 0 Å². The highest BCUT2D eigenvalue weighted by Gasteiger charge is 2.18. The van der Waals surface area contributed by atoms with E-state index >= 15 is 0 Å². The van der Waals surface area contributed by atoms with Crippen LogP contribution in [0.5, 0.6) is 0 Å². The Hall–Kier alpha value is -0.440. The third kappa shape index (κ3) is 2.08. The topological polar surface area (TPSA) is 21.3 Å². The molecule has 1 aromatic carbocycles. The predicted molar refractivity (Wildman–Crippen MR) is 54.7 cm³/mol. The van der Waals surface area contributed by atoms with Crippen LogP contribution in [0.2, 0.25) is 10.0 Å². The minimum Gasteiger partial charge on any atom is -0.377 e. The molecule has 0 amide bonds. The molecule has 0 radical (unpaired) electrons. The van der Waals surface area contributed by atoms with Gasteiger partial charge in [0, 0.05) is 5.02 Å². The summed E-state index contributed by atoms with van der Waals surface area (Å²) in [6.45, 7) is 1.50. The second-order valence-corrected chi connectivity index (χ2v) is 3.85. The van der Waals surface area contributed by atoms with Crippen molar-refractivity contribution in [2.45, 2.75) is 6.04 Å². The highest BCUT2D eigenvalue weighted by molar-refractivity contribution is 6.36. The zero-order valence-corrected chi connectivity index (χ0v) is 8.40. The maximum atomic E-state index is 5.97. The van der Waals surface area contributed by atoms with Crippen molar-refractivity contribution in [3.63, 3.8) is 0 Å². The molecule has 0 bridgehead atoms. The molecule has 1 N–H and O–H groups in total. The van der Waals surface area contributed by atoms with E-state index in [0.717, 1.165) is 18.9 Å². The summed E-state index contributed by atoms with van der Waals surface area (Å²) in [5.74, 6) is 0. The highest BCUT2D eigenvalue weighted by atomic mass is 35.5. The molecule has 2 nitrogen and oxygen atoms in total. The van der Waals surface area contributed by atoms with Gasteiger partial charge in [0.1, 0.15) is 0 Å². The lowest BCUT2D eigenvalue weighted by Gasteiger charge is -2.28. The molecule has 0 aromatic heterocycles. The van der Waals surface area contributed by atoms with Crippen molar-refractivity contribution in [2.24, 2.45) is 0 Å². The van der Waals surface area contributed by atoms with Gasteiger partial charge in [-0.15, -0.1) is 0 Å². The number of benzene rings is 1. The summed E-state index contributed by atoms with van der Waals surface area (Å²) in [7, 11) is 0. The Kier molecular flexibility index (Phi) is 2.63. The van der Waals surface area contributed by atoms with E-state index < -0.39 is 0 Å². The van der Waals surface area contributed by atoms with Crippen molar-refractivity contribution in [3.05, 3.63) is 28.2 Å². The first kappa shape index (κ1) is 9.13. The number of hydrogen-bond donors (Lipinski definition) is 1. The first-order valence-corrected chi connectivity index (χ1v) is 4.80. The zero-order chi connectivity index (χ0) is 9.26. The third-order valence-electron chi connectivity index (χ3n) is 1.93. The van der Waals surface area contributed by atoms with Gasteiger partial charge < -0.3 is 10.1 Å². The fourth-order valence-electron chi connectivity index (χ4n) is 1.15. The monoisotopic (exact) mass is 217 g/mol. The standard InChI is InChI=1S/C9H9Cl2NO/c10-6-1-2-9(8(11)3-6)12-7-4-13-5-7/h1-3,7,12H,4-5H2. The molecule has 1 aliphatic heterocycles. The molecule has 0 saturated carbocycles. The first-order chi connectivity index (χ1) is 6.25. The smallest absolute Gasteiger partial charge is 0.0729 e. The van der Waals surface area contributed by atoms with E-state index in [2.05, 4.69) is 5.32 Å². The van der Waals surface area contributed by atoms with E-state index in [1.807, 2.05) is 12.1 Å². The molecular weight excluding hydrogens is 209 g/mol. The zero-order valence-electron chi connectivity index (χ0n) is 6.89. The van der Waals surface area contributed by atoms with Gasteiger partial charge in [-0.1, -0.05) is 23.2 Å². The summed E-state index contributed by atoms with van der Waals surface area (Å²) < 4.78 is 5.04. The van der Waals surface area contributed by atoms with E-state index in [1.54, 1.807) is 6.07 Å². The molecule has 4 heteroatoms. The van der Waals surface area contributed by atoms with Gasteiger partial charge in [0.15, 0.2) is 0 Å². The Morgan fingerprint density at radius 1 is 1.31 bits per heavy atom. The van der Waals surface area contributed by atoms with Crippen LogP contribution in [0, 0.1) is 0 Å². The van der Waals surface area contributed by atoms with Gasteiger partial charge in [-0.05, 0) is 18.2 Å². The number of anilines is 1. The van der Waals surface area contributed by atoms with Gasteiger partial charge in [0.05, 0.1) is 30.0 Å². The maximum absolute atomic E-state index is 5.97. The molecule has 1 fully saturated rings. The van der Waals surface area contributed by atoms with Crippen molar-refractivity contribution in [1.29, 1.82) is 0 Å². The Balaban J connectivity index is 2.10. The van der Waals surface area contributed by atoms with E-state index in [4.69, 9.17) is 27.9 Å². The van der Waals surface area contributed by atoms with Crippen LogP contribution in [0.1, 0.15) is 0 Å². The lowest BCUT2D eigenvalue weighted by Crippen LogP contribution is -2.40.